The largest absolute Gasteiger partial charge is 0.359 e. The van der Waals surface area contributed by atoms with Gasteiger partial charge in [0.2, 0.25) is 0 Å². The molecule has 1 nitrogen and oxygen atoms in total. The van der Waals surface area contributed by atoms with E-state index in [4.69, 9.17) is 0 Å². The second-order valence-electron chi connectivity index (χ2n) is 2.56. The predicted octanol–water partition coefficient (Wildman–Crippen LogP) is 3.56. The first-order chi connectivity index (χ1) is 7.24. The molecule has 0 spiro atoms. The van der Waals surface area contributed by atoms with Gasteiger partial charge < -0.3 is 5.32 Å². The monoisotopic (exact) mass is 201 g/mol. The molecule has 0 fully saturated rings. The molecule has 0 rings (SSSR count). The summed E-state index contributed by atoms with van der Waals surface area (Å²) in [5.41, 5.74) is 2.03. The Bertz CT molecular complexity index is 288. The van der Waals surface area contributed by atoms with Crippen LogP contribution in [-0.4, -0.2) is 0 Å². The Morgan fingerprint density at radius 1 is 1.20 bits per heavy atom. The van der Waals surface area contributed by atoms with Crippen molar-refractivity contribution in [2.75, 3.05) is 0 Å². The summed E-state index contributed by atoms with van der Waals surface area (Å²) >= 11 is 0. The highest BCUT2D eigenvalue weighted by Gasteiger charge is 1.88. The molecule has 0 heterocycles. The normalized spacial score (nSPS) is 11.5. The van der Waals surface area contributed by atoms with E-state index < -0.39 is 0 Å². The lowest BCUT2D eigenvalue weighted by Crippen LogP contribution is -2.07. The SMILES string of the molecule is C#C.C=C/C=C(\C=C)N/C(C)=C/C=C\C. The zero-order chi connectivity index (χ0) is 12.1. The van der Waals surface area contributed by atoms with Crippen LogP contribution in [-0.2, 0) is 0 Å². The first-order valence-electron chi connectivity index (χ1n) is 4.59. The van der Waals surface area contributed by atoms with Crippen LogP contribution >= 0.6 is 0 Å². The number of rotatable bonds is 5. The van der Waals surface area contributed by atoms with Crippen molar-refractivity contribution >= 4 is 0 Å². The second kappa shape index (κ2) is 12.1. The molecule has 0 bridgehead atoms. The van der Waals surface area contributed by atoms with Gasteiger partial charge in [-0.1, -0.05) is 31.4 Å². The molecule has 0 aliphatic carbocycles. The standard InChI is InChI=1S/C12H17N.C2H2/c1-5-8-10-11(4)13-12(7-3)9-6-2;1-2/h5-10,13H,2-3H2,1,4H3;1-2H/b8-5-,11-10+,12-9+;. The fraction of sp³-hybridized carbons (Fsp3) is 0.143. The lowest BCUT2D eigenvalue weighted by Gasteiger charge is -2.05. The second-order valence-corrected chi connectivity index (χ2v) is 2.56. The van der Waals surface area contributed by atoms with E-state index in [1.165, 1.54) is 0 Å². The first-order valence-corrected chi connectivity index (χ1v) is 4.59. The predicted molar refractivity (Wildman–Crippen MR) is 70.1 cm³/mol. The maximum absolute atomic E-state index is 4.00. The highest BCUT2D eigenvalue weighted by Crippen LogP contribution is 1.96. The molecule has 15 heavy (non-hydrogen) atoms. The van der Waals surface area contributed by atoms with Gasteiger partial charge in [0.05, 0.1) is 0 Å². The molecule has 0 radical (unpaired) electrons. The van der Waals surface area contributed by atoms with Crippen LogP contribution in [0.3, 0.4) is 0 Å². The summed E-state index contributed by atoms with van der Waals surface area (Å²) in [6.45, 7) is 11.3. The summed E-state index contributed by atoms with van der Waals surface area (Å²) in [6, 6.07) is 0. The number of hydrogen-bond donors (Lipinski definition) is 1. The van der Waals surface area contributed by atoms with E-state index in [1.807, 2.05) is 38.2 Å². The summed E-state index contributed by atoms with van der Waals surface area (Å²) in [6.07, 6.45) is 19.3. The van der Waals surface area contributed by atoms with Gasteiger partial charge in [0.1, 0.15) is 0 Å². The van der Waals surface area contributed by atoms with Crippen LogP contribution in [0.2, 0.25) is 0 Å². The average molecular weight is 201 g/mol. The van der Waals surface area contributed by atoms with Crippen LogP contribution in [0.4, 0.5) is 0 Å². The van der Waals surface area contributed by atoms with Crippen molar-refractivity contribution in [3.63, 3.8) is 0 Å². The minimum absolute atomic E-state index is 0.952. The Morgan fingerprint density at radius 3 is 2.20 bits per heavy atom. The third-order valence-electron chi connectivity index (χ3n) is 1.40. The fourth-order valence-corrected chi connectivity index (χ4v) is 0.798. The molecular weight excluding hydrogens is 182 g/mol. The fourth-order valence-electron chi connectivity index (χ4n) is 0.798. The number of nitrogens with one attached hydrogen (secondary N) is 1. The maximum Gasteiger partial charge on any atom is 0.0375 e. The van der Waals surface area contributed by atoms with E-state index in [9.17, 15) is 0 Å². The molecule has 0 unspecified atom stereocenters. The van der Waals surface area contributed by atoms with Crippen LogP contribution in [0.15, 0.2) is 61.0 Å². The average Bonchev–Trinajstić information content (AvgIpc) is 2.28. The highest BCUT2D eigenvalue weighted by atomic mass is 14.9. The molecule has 1 N–H and O–H groups in total. The van der Waals surface area contributed by atoms with Crippen molar-refractivity contribution in [3.8, 4) is 12.8 Å². The third kappa shape index (κ3) is 9.98. The maximum atomic E-state index is 4.00. The van der Waals surface area contributed by atoms with Gasteiger partial charge in [0, 0.05) is 11.4 Å². The smallest absolute Gasteiger partial charge is 0.0375 e. The Morgan fingerprint density at radius 2 is 1.80 bits per heavy atom. The summed E-state index contributed by atoms with van der Waals surface area (Å²) in [5.74, 6) is 0. The Kier molecular flexibility index (Phi) is 12.5. The molecule has 80 valence electrons. The Balaban J connectivity index is 0. The molecule has 0 aromatic carbocycles. The minimum atomic E-state index is 0.952. The van der Waals surface area contributed by atoms with E-state index in [-0.39, 0.29) is 0 Å². The van der Waals surface area contributed by atoms with Gasteiger partial charge in [-0.05, 0) is 32.1 Å². The Hall–Kier alpha value is -1.94. The Labute approximate surface area is 93.6 Å². The van der Waals surface area contributed by atoms with Gasteiger partial charge in [-0.15, -0.1) is 12.8 Å². The zero-order valence-electron chi connectivity index (χ0n) is 9.53. The lowest BCUT2D eigenvalue weighted by molar-refractivity contribution is 1.00. The van der Waals surface area contributed by atoms with Crippen molar-refractivity contribution < 1.29 is 0 Å². The third-order valence-corrected chi connectivity index (χ3v) is 1.40. The van der Waals surface area contributed by atoms with Crippen LogP contribution < -0.4 is 5.32 Å². The molecule has 0 saturated carbocycles. The van der Waals surface area contributed by atoms with E-state index in [1.54, 1.807) is 12.2 Å². The van der Waals surface area contributed by atoms with Crippen molar-refractivity contribution in [2.24, 2.45) is 0 Å². The quantitative estimate of drug-likeness (QED) is 0.529. The minimum Gasteiger partial charge on any atom is -0.359 e. The first kappa shape index (κ1) is 15.5. The molecule has 0 aromatic heterocycles. The number of hydrogen-bond acceptors (Lipinski definition) is 1. The van der Waals surface area contributed by atoms with Crippen molar-refractivity contribution in [3.05, 3.63) is 61.0 Å². The topological polar surface area (TPSA) is 12.0 Å². The van der Waals surface area contributed by atoms with Crippen molar-refractivity contribution in [2.45, 2.75) is 13.8 Å². The van der Waals surface area contributed by atoms with Crippen LogP contribution in [0.5, 0.6) is 0 Å². The number of terminal acetylenes is 1. The van der Waals surface area contributed by atoms with Crippen LogP contribution in [0.25, 0.3) is 0 Å². The van der Waals surface area contributed by atoms with Gasteiger partial charge >= 0.3 is 0 Å². The molecule has 1 heteroatoms. The van der Waals surface area contributed by atoms with E-state index in [0.29, 0.717) is 0 Å². The van der Waals surface area contributed by atoms with Crippen LogP contribution in [0.1, 0.15) is 13.8 Å². The van der Waals surface area contributed by atoms with Gasteiger partial charge in [-0.25, -0.2) is 0 Å². The van der Waals surface area contributed by atoms with Gasteiger partial charge in [-0.3, -0.25) is 0 Å². The van der Waals surface area contributed by atoms with Crippen LogP contribution in [0, 0.1) is 12.8 Å². The van der Waals surface area contributed by atoms with E-state index in [0.717, 1.165) is 11.4 Å². The molecule has 0 saturated heterocycles. The van der Waals surface area contributed by atoms with Gasteiger partial charge in [0.25, 0.3) is 0 Å². The van der Waals surface area contributed by atoms with Gasteiger partial charge in [-0.2, -0.15) is 0 Å². The molecule has 0 amide bonds. The summed E-state index contributed by atoms with van der Waals surface area (Å²) < 4.78 is 0. The molecular formula is C14H19N. The van der Waals surface area contributed by atoms with Crippen molar-refractivity contribution in [1.29, 1.82) is 0 Å². The van der Waals surface area contributed by atoms with Crippen molar-refractivity contribution in [1.82, 2.24) is 5.32 Å². The highest BCUT2D eigenvalue weighted by molar-refractivity contribution is 5.24. The summed E-state index contributed by atoms with van der Waals surface area (Å²) in [5, 5.41) is 3.18. The summed E-state index contributed by atoms with van der Waals surface area (Å²) in [7, 11) is 0. The summed E-state index contributed by atoms with van der Waals surface area (Å²) in [4.78, 5) is 0. The molecule has 0 aliphatic rings. The zero-order valence-corrected chi connectivity index (χ0v) is 9.53. The lowest BCUT2D eigenvalue weighted by atomic mass is 10.3. The molecule has 0 atom stereocenters. The molecule has 0 aromatic rings. The van der Waals surface area contributed by atoms with Gasteiger partial charge in [0.15, 0.2) is 0 Å². The molecule has 0 aliphatic heterocycles. The van der Waals surface area contributed by atoms with E-state index in [2.05, 4.69) is 31.3 Å². The van der Waals surface area contributed by atoms with E-state index >= 15 is 0 Å². The number of allylic oxidation sites excluding steroid dienone is 7.